The number of Topliss-reactive ketones (excluding diaryl/α,β-unsaturated/α-hetero) is 1. The molecule has 2 aliphatic heterocycles. The lowest BCUT2D eigenvalue weighted by Crippen LogP contribution is -2.55. The first kappa shape index (κ1) is 21.1. The summed E-state index contributed by atoms with van der Waals surface area (Å²) < 4.78 is 7.34. The molecule has 5 rings (SSSR count). The number of carbonyl (C=O) groups excluding carboxylic acids is 1. The van der Waals surface area contributed by atoms with Crippen molar-refractivity contribution in [3.63, 3.8) is 0 Å². The summed E-state index contributed by atoms with van der Waals surface area (Å²) in [6.07, 6.45) is 7.56. The highest BCUT2D eigenvalue weighted by molar-refractivity contribution is 7.19. The van der Waals surface area contributed by atoms with Crippen LogP contribution in [-0.4, -0.2) is 52.6 Å². The molecular formula is C25H32N2O3S. The number of para-hydroxylation sites is 1. The number of hydrogen-bond acceptors (Lipinski definition) is 6. The van der Waals surface area contributed by atoms with Crippen molar-refractivity contribution in [3.8, 4) is 0 Å². The minimum absolute atomic E-state index is 0.0288. The maximum atomic E-state index is 13.6. The number of fused-ring (bicyclic) bond motifs is 2. The van der Waals surface area contributed by atoms with E-state index in [2.05, 4.69) is 11.8 Å². The maximum absolute atomic E-state index is 13.6. The summed E-state index contributed by atoms with van der Waals surface area (Å²) >= 11 is 1.55. The number of benzene rings is 1. The van der Waals surface area contributed by atoms with Crippen molar-refractivity contribution in [1.82, 2.24) is 9.88 Å². The summed E-state index contributed by atoms with van der Waals surface area (Å²) in [4.78, 5) is 20.8. The van der Waals surface area contributed by atoms with Gasteiger partial charge in [-0.3, -0.25) is 4.79 Å². The Labute approximate surface area is 188 Å². The molecular weight excluding hydrogens is 408 g/mol. The molecule has 1 N–H and O–H groups in total. The molecule has 5 atom stereocenters. The van der Waals surface area contributed by atoms with Crippen LogP contribution in [0.1, 0.15) is 50.5 Å². The average Bonchev–Trinajstić information content (AvgIpc) is 3.04. The molecule has 1 aliphatic carbocycles. The number of rotatable bonds is 4. The molecule has 5 nitrogen and oxygen atoms in total. The SMILES string of the molecule is CCC1CC2C(=O)C(c3nc4ccccc4s3)=COC2C(CN2CCCCCC2)C1O. The Morgan fingerprint density at radius 3 is 2.71 bits per heavy atom. The van der Waals surface area contributed by atoms with Crippen LogP contribution in [0.2, 0.25) is 0 Å². The van der Waals surface area contributed by atoms with E-state index in [1.807, 2.05) is 24.3 Å². The van der Waals surface area contributed by atoms with Crippen LogP contribution >= 0.6 is 11.3 Å². The van der Waals surface area contributed by atoms with Gasteiger partial charge >= 0.3 is 0 Å². The first-order valence-electron chi connectivity index (χ1n) is 11.8. The number of hydrogen-bond donors (Lipinski definition) is 1. The highest BCUT2D eigenvalue weighted by atomic mass is 32.1. The second-order valence-corrected chi connectivity index (χ2v) is 10.4. The molecule has 2 fully saturated rings. The van der Waals surface area contributed by atoms with Crippen LogP contribution in [0.5, 0.6) is 0 Å². The summed E-state index contributed by atoms with van der Waals surface area (Å²) in [6.45, 7) is 5.10. The number of carbonyl (C=O) groups is 1. The predicted octanol–water partition coefficient (Wildman–Crippen LogP) is 4.50. The molecule has 0 bridgehead atoms. The monoisotopic (exact) mass is 440 g/mol. The van der Waals surface area contributed by atoms with Gasteiger partial charge in [0.15, 0.2) is 5.78 Å². The number of nitrogens with zero attached hydrogens (tertiary/aromatic N) is 2. The van der Waals surface area contributed by atoms with Crippen LogP contribution in [-0.2, 0) is 9.53 Å². The molecule has 166 valence electrons. The van der Waals surface area contributed by atoms with Crippen LogP contribution in [0.25, 0.3) is 15.8 Å². The van der Waals surface area contributed by atoms with Crippen LogP contribution in [0.15, 0.2) is 30.5 Å². The van der Waals surface area contributed by atoms with Crippen LogP contribution < -0.4 is 0 Å². The van der Waals surface area contributed by atoms with Crippen LogP contribution in [0, 0.1) is 17.8 Å². The zero-order chi connectivity index (χ0) is 21.4. The third-order valence-electron chi connectivity index (χ3n) is 7.46. The van der Waals surface area contributed by atoms with Crippen LogP contribution in [0.4, 0.5) is 0 Å². The van der Waals surface area contributed by atoms with Crippen molar-refractivity contribution in [1.29, 1.82) is 0 Å². The van der Waals surface area contributed by atoms with E-state index in [1.165, 1.54) is 25.7 Å². The van der Waals surface area contributed by atoms with Gasteiger partial charge in [-0.15, -0.1) is 11.3 Å². The molecule has 5 unspecified atom stereocenters. The third kappa shape index (κ3) is 4.06. The minimum Gasteiger partial charge on any atom is -0.496 e. The van der Waals surface area contributed by atoms with Gasteiger partial charge in [-0.25, -0.2) is 4.98 Å². The number of aliphatic hydroxyl groups is 1. The normalized spacial score (nSPS) is 32.3. The van der Waals surface area contributed by atoms with E-state index in [9.17, 15) is 9.90 Å². The van der Waals surface area contributed by atoms with Crippen LogP contribution in [0.3, 0.4) is 0 Å². The van der Waals surface area contributed by atoms with E-state index in [0.29, 0.717) is 12.0 Å². The Hall–Kier alpha value is -1.76. The lowest BCUT2D eigenvalue weighted by atomic mass is 9.67. The number of likely N-dealkylation sites (tertiary alicyclic amines) is 1. The van der Waals surface area contributed by atoms with Gasteiger partial charge in [-0.2, -0.15) is 0 Å². The van der Waals surface area contributed by atoms with Crippen molar-refractivity contribution in [3.05, 3.63) is 35.5 Å². The molecule has 3 heterocycles. The fourth-order valence-electron chi connectivity index (χ4n) is 5.68. The molecule has 1 saturated carbocycles. The molecule has 1 saturated heterocycles. The van der Waals surface area contributed by atoms with Crippen molar-refractivity contribution < 1.29 is 14.6 Å². The first-order chi connectivity index (χ1) is 15.2. The highest BCUT2D eigenvalue weighted by Gasteiger charge is 2.50. The number of aromatic nitrogens is 1. The van der Waals surface area contributed by atoms with Gasteiger partial charge in [0.1, 0.15) is 11.1 Å². The zero-order valence-corrected chi connectivity index (χ0v) is 19.0. The van der Waals surface area contributed by atoms with E-state index >= 15 is 0 Å². The Morgan fingerprint density at radius 1 is 1.19 bits per heavy atom. The van der Waals surface area contributed by atoms with E-state index in [0.717, 1.165) is 41.3 Å². The minimum atomic E-state index is -0.417. The highest BCUT2D eigenvalue weighted by Crippen LogP contribution is 2.44. The van der Waals surface area contributed by atoms with E-state index in [1.54, 1.807) is 17.6 Å². The van der Waals surface area contributed by atoms with Crippen molar-refractivity contribution in [2.24, 2.45) is 17.8 Å². The molecule has 0 spiro atoms. The molecule has 0 radical (unpaired) electrons. The standard InChI is InChI=1S/C25H32N2O3S/c1-2-16-13-17-23(29)19(25-26-20-9-5-6-10-21(20)31-25)15-30-24(17)18(22(16)28)14-27-11-7-3-4-8-12-27/h5-6,9-10,15-18,22,24,28H,2-4,7-8,11-14H2,1H3. The van der Waals surface area contributed by atoms with Gasteiger partial charge in [0.05, 0.1) is 34.1 Å². The second kappa shape index (κ2) is 9.00. The molecule has 1 aromatic carbocycles. The van der Waals surface area contributed by atoms with Gasteiger partial charge in [0, 0.05) is 12.5 Å². The van der Waals surface area contributed by atoms with E-state index < -0.39 is 6.10 Å². The fourth-order valence-corrected chi connectivity index (χ4v) is 6.65. The second-order valence-electron chi connectivity index (χ2n) is 9.36. The third-order valence-corrected chi connectivity index (χ3v) is 8.53. The molecule has 0 amide bonds. The number of thiazole rings is 1. The van der Waals surface area contributed by atoms with Gasteiger partial charge in [-0.05, 0) is 50.4 Å². The van der Waals surface area contributed by atoms with Crippen molar-refractivity contribution >= 4 is 32.9 Å². The number of aliphatic hydroxyl groups excluding tert-OH is 1. The number of ether oxygens (including phenoxy) is 1. The summed E-state index contributed by atoms with van der Waals surface area (Å²) in [5.74, 6) is 0.0540. The quantitative estimate of drug-likeness (QED) is 0.758. The summed E-state index contributed by atoms with van der Waals surface area (Å²) in [6, 6.07) is 7.98. The lowest BCUT2D eigenvalue weighted by molar-refractivity contribution is -0.140. The maximum Gasteiger partial charge on any atom is 0.175 e. The summed E-state index contributed by atoms with van der Waals surface area (Å²) in [7, 11) is 0. The Morgan fingerprint density at radius 2 is 1.97 bits per heavy atom. The molecule has 1 aromatic heterocycles. The van der Waals surface area contributed by atoms with Crippen molar-refractivity contribution in [2.75, 3.05) is 19.6 Å². The Kier molecular flexibility index (Phi) is 6.13. The predicted molar refractivity (Wildman–Crippen MR) is 124 cm³/mol. The van der Waals surface area contributed by atoms with Gasteiger partial charge in [0.25, 0.3) is 0 Å². The molecule has 6 heteroatoms. The summed E-state index contributed by atoms with van der Waals surface area (Å²) in [5.41, 5.74) is 1.52. The number of ketones is 1. The smallest absolute Gasteiger partial charge is 0.175 e. The fraction of sp³-hybridized carbons (Fsp3) is 0.600. The number of allylic oxidation sites excluding steroid dienone is 1. The average molecular weight is 441 g/mol. The van der Waals surface area contributed by atoms with Crippen molar-refractivity contribution in [2.45, 2.75) is 57.7 Å². The van der Waals surface area contributed by atoms with E-state index in [-0.39, 0.29) is 29.6 Å². The Balaban J connectivity index is 1.42. The zero-order valence-electron chi connectivity index (χ0n) is 18.2. The van der Waals surface area contributed by atoms with Gasteiger partial charge in [-0.1, -0.05) is 38.3 Å². The molecule has 2 aromatic rings. The lowest BCUT2D eigenvalue weighted by Gasteiger charge is -2.46. The topological polar surface area (TPSA) is 62.7 Å². The van der Waals surface area contributed by atoms with E-state index in [4.69, 9.17) is 9.72 Å². The van der Waals surface area contributed by atoms with Gasteiger partial charge in [0.2, 0.25) is 0 Å². The molecule has 31 heavy (non-hydrogen) atoms. The van der Waals surface area contributed by atoms with Gasteiger partial charge < -0.3 is 14.7 Å². The largest absolute Gasteiger partial charge is 0.496 e. The summed E-state index contributed by atoms with van der Waals surface area (Å²) in [5, 5.41) is 11.9. The first-order valence-corrected chi connectivity index (χ1v) is 12.6. The Bertz CT molecular complexity index is 930. The molecule has 3 aliphatic rings.